The number of benzene rings is 3. The molecule has 1 nitrogen and oxygen atoms in total. The van der Waals surface area contributed by atoms with Gasteiger partial charge in [0.05, 0.1) is 0 Å². The highest BCUT2D eigenvalue weighted by Gasteiger charge is 2.16. The number of hydrogen-bond donors (Lipinski definition) is 1. The quantitative estimate of drug-likeness (QED) is 0.173. The van der Waals surface area contributed by atoms with Gasteiger partial charge in [-0.3, -0.25) is 0 Å². The lowest BCUT2D eigenvalue weighted by atomic mass is 9.84. The van der Waals surface area contributed by atoms with E-state index in [-0.39, 0.29) is 0 Å². The molecule has 0 fully saturated rings. The van der Waals surface area contributed by atoms with E-state index in [2.05, 4.69) is 106 Å². The van der Waals surface area contributed by atoms with Gasteiger partial charge >= 0.3 is 0 Å². The van der Waals surface area contributed by atoms with Gasteiger partial charge in [0.15, 0.2) is 0 Å². The van der Waals surface area contributed by atoms with Gasteiger partial charge in [0, 0.05) is 0 Å². The van der Waals surface area contributed by atoms with E-state index in [0.717, 1.165) is 60.8 Å². The Balaban J connectivity index is 2.13. The second-order valence-corrected chi connectivity index (χ2v) is 9.28. The molecule has 3 aromatic carbocycles. The highest BCUT2D eigenvalue weighted by Crippen LogP contribution is 2.37. The molecule has 3 rings (SSSR count). The molecule has 0 heterocycles. The zero-order chi connectivity index (χ0) is 27.2. The Kier molecular flexibility index (Phi) is 11.4. The number of allylic oxidation sites excluding steroid dienone is 5. The van der Waals surface area contributed by atoms with E-state index in [4.69, 9.17) is 5.73 Å². The zero-order valence-corrected chi connectivity index (χ0v) is 22.8. The standard InChI is InChI=1S/C37H41N/c1-5-9-11-13-18-30-19-14-15-20-34(30)36(21-12-10-6-2)37-27-26-35(32(7-3)33(37)8-4)31-24-22-29(23-25-31)17-16-28-38/h6-9,11,14-16,19-28H,2-5,10,12-13,17-18,38H2,1H3/b11-9-,28-16-,36-21+. The van der Waals surface area contributed by atoms with Crippen molar-refractivity contribution >= 4 is 17.7 Å². The molecule has 3 aromatic rings. The van der Waals surface area contributed by atoms with E-state index in [1.807, 2.05) is 24.3 Å². The van der Waals surface area contributed by atoms with E-state index in [9.17, 15) is 0 Å². The smallest absolute Gasteiger partial charge is 0.00803 e. The number of nitrogens with two attached hydrogens (primary N) is 1. The third-order valence-electron chi connectivity index (χ3n) is 6.75. The SMILES string of the molecule is C=CCC/C=C(\c1ccccc1CC/C=C\CC)c1ccc(-c2ccc(C/C=C\N)cc2)c(C=C)c1C=C. The minimum absolute atomic E-state index is 0.828. The molecule has 0 saturated carbocycles. The zero-order valence-electron chi connectivity index (χ0n) is 22.8. The van der Waals surface area contributed by atoms with Crippen molar-refractivity contribution in [3.63, 3.8) is 0 Å². The van der Waals surface area contributed by atoms with Crippen LogP contribution in [0.2, 0.25) is 0 Å². The van der Waals surface area contributed by atoms with Gasteiger partial charge in [-0.1, -0.05) is 123 Å². The van der Waals surface area contributed by atoms with Crippen LogP contribution in [-0.4, -0.2) is 0 Å². The van der Waals surface area contributed by atoms with Crippen LogP contribution in [0.3, 0.4) is 0 Å². The second kappa shape index (κ2) is 15.2. The molecule has 0 aliphatic rings. The molecule has 194 valence electrons. The van der Waals surface area contributed by atoms with Crippen molar-refractivity contribution in [1.29, 1.82) is 0 Å². The van der Waals surface area contributed by atoms with Gasteiger partial charge in [-0.05, 0) is 94.8 Å². The summed E-state index contributed by atoms with van der Waals surface area (Å²) in [5.74, 6) is 0. The van der Waals surface area contributed by atoms with Gasteiger partial charge < -0.3 is 5.73 Å². The topological polar surface area (TPSA) is 26.0 Å². The van der Waals surface area contributed by atoms with Crippen LogP contribution in [0, 0.1) is 0 Å². The van der Waals surface area contributed by atoms with Crippen LogP contribution in [0.15, 0.2) is 117 Å². The maximum absolute atomic E-state index is 5.52. The van der Waals surface area contributed by atoms with E-state index in [1.165, 1.54) is 27.8 Å². The van der Waals surface area contributed by atoms with Gasteiger partial charge in [0.1, 0.15) is 0 Å². The van der Waals surface area contributed by atoms with Crippen molar-refractivity contribution in [1.82, 2.24) is 0 Å². The summed E-state index contributed by atoms with van der Waals surface area (Å²) in [5.41, 5.74) is 16.4. The predicted octanol–water partition coefficient (Wildman–Crippen LogP) is 9.95. The Bertz CT molecular complexity index is 1320. The average Bonchev–Trinajstić information content (AvgIpc) is 2.96. The number of hydrogen-bond acceptors (Lipinski definition) is 1. The monoisotopic (exact) mass is 499 g/mol. The fourth-order valence-electron chi connectivity index (χ4n) is 4.82. The van der Waals surface area contributed by atoms with Crippen molar-refractivity contribution in [3.05, 3.63) is 150 Å². The molecule has 0 radical (unpaired) electrons. The van der Waals surface area contributed by atoms with Crippen molar-refractivity contribution in [2.45, 2.75) is 45.4 Å². The Morgan fingerprint density at radius 2 is 1.53 bits per heavy atom. The summed E-state index contributed by atoms with van der Waals surface area (Å²) < 4.78 is 0. The number of rotatable bonds is 14. The molecular formula is C37H41N. The molecule has 2 N–H and O–H groups in total. The highest BCUT2D eigenvalue weighted by molar-refractivity contribution is 5.91. The summed E-state index contributed by atoms with van der Waals surface area (Å²) >= 11 is 0. The molecule has 0 amide bonds. The Labute approximate surface area is 230 Å². The fraction of sp³-hybridized carbons (Fsp3) is 0.189. The van der Waals surface area contributed by atoms with Crippen LogP contribution in [0.4, 0.5) is 0 Å². The first-order valence-electron chi connectivity index (χ1n) is 13.6. The van der Waals surface area contributed by atoms with E-state index in [1.54, 1.807) is 6.20 Å². The normalized spacial score (nSPS) is 11.8. The second-order valence-electron chi connectivity index (χ2n) is 9.28. The van der Waals surface area contributed by atoms with Gasteiger partial charge in [-0.25, -0.2) is 0 Å². The molecule has 38 heavy (non-hydrogen) atoms. The van der Waals surface area contributed by atoms with Gasteiger partial charge in [-0.15, -0.1) is 6.58 Å². The molecule has 0 bridgehead atoms. The first kappa shape index (κ1) is 28.5. The largest absolute Gasteiger partial charge is 0.405 e. The Morgan fingerprint density at radius 3 is 2.21 bits per heavy atom. The van der Waals surface area contributed by atoms with Gasteiger partial charge in [0.2, 0.25) is 0 Å². The lowest BCUT2D eigenvalue weighted by Crippen LogP contribution is -2.00. The Morgan fingerprint density at radius 1 is 0.763 bits per heavy atom. The summed E-state index contributed by atoms with van der Waals surface area (Å²) in [4.78, 5) is 0. The van der Waals surface area contributed by atoms with Crippen molar-refractivity contribution in [3.8, 4) is 11.1 Å². The summed E-state index contributed by atoms with van der Waals surface area (Å²) in [5, 5.41) is 0. The van der Waals surface area contributed by atoms with Crippen LogP contribution >= 0.6 is 0 Å². The molecule has 0 aromatic heterocycles. The number of unbranched alkanes of at least 4 members (excludes halogenated alkanes) is 1. The number of aryl methyl sites for hydroxylation is 1. The average molecular weight is 500 g/mol. The maximum atomic E-state index is 5.52. The van der Waals surface area contributed by atoms with Crippen LogP contribution in [-0.2, 0) is 12.8 Å². The molecule has 0 aliphatic carbocycles. The van der Waals surface area contributed by atoms with Crippen LogP contribution < -0.4 is 5.73 Å². The molecule has 0 unspecified atom stereocenters. The third kappa shape index (κ3) is 7.23. The summed E-state index contributed by atoms with van der Waals surface area (Å²) in [6, 6.07) is 21.9. The van der Waals surface area contributed by atoms with Crippen molar-refractivity contribution in [2.24, 2.45) is 5.73 Å². The minimum atomic E-state index is 0.828. The first-order chi connectivity index (χ1) is 18.7. The molecule has 0 atom stereocenters. The molecule has 0 aliphatic heterocycles. The molecule has 0 saturated heterocycles. The van der Waals surface area contributed by atoms with Crippen molar-refractivity contribution in [2.75, 3.05) is 0 Å². The van der Waals surface area contributed by atoms with Crippen molar-refractivity contribution < 1.29 is 0 Å². The summed E-state index contributed by atoms with van der Waals surface area (Å²) in [7, 11) is 0. The van der Waals surface area contributed by atoms with Gasteiger partial charge in [0.25, 0.3) is 0 Å². The highest BCUT2D eigenvalue weighted by atomic mass is 14.5. The lowest BCUT2D eigenvalue weighted by molar-refractivity contribution is 0.986. The van der Waals surface area contributed by atoms with E-state index >= 15 is 0 Å². The molecule has 1 heteroatoms. The summed E-state index contributed by atoms with van der Waals surface area (Å²) in [6.07, 6.45) is 22.2. The maximum Gasteiger partial charge on any atom is -0.00803 e. The fourth-order valence-corrected chi connectivity index (χ4v) is 4.82. The summed E-state index contributed by atoms with van der Waals surface area (Å²) in [6.45, 7) is 14.5. The van der Waals surface area contributed by atoms with Crippen LogP contribution in [0.1, 0.15) is 66.0 Å². The van der Waals surface area contributed by atoms with Crippen LogP contribution in [0.25, 0.3) is 28.9 Å². The lowest BCUT2D eigenvalue weighted by Gasteiger charge is -2.20. The van der Waals surface area contributed by atoms with Gasteiger partial charge in [-0.2, -0.15) is 0 Å². The molecule has 0 spiro atoms. The van der Waals surface area contributed by atoms with Crippen LogP contribution in [0.5, 0.6) is 0 Å². The van der Waals surface area contributed by atoms with E-state index < -0.39 is 0 Å². The Hall–Kier alpha value is -4.10. The first-order valence-corrected chi connectivity index (χ1v) is 13.6. The predicted molar refractivity (Wildman–Crippen MR) is 170 cm³/mol. The van der Waals surface area contributed by atoms with E-state index in [0.29, 0.717) is 0 Å². The third-order valence-corrected chi connectivity index (χ3v) is 6.75. The molecular weight excluding hydrogens is 458 g/mol. The minimum Gasteiger partial charge on any atom is -0.405 e.